The maximum absolute atomic E-state index is 12.8. The Morgan fingerprint density at radius 1 is 1.16 bits per heavy atom. The van der Waals surface area contributed by atoms with E-state index in [2.05, 4.69) is 20.7 Å². The highest BCUT2D eigenvalue weighted by molar-refractivity contribution is 6.35. The molecule has 1 aromatic heterocycles. The van der Waals surface area contributed by atoms with Crippen LogP contribution in [0, 0.1) is 5.82 Å². The number of amides is 1. The lowest BCUT2D eigenvalue weighted by molar-refractivity contribution is 0.0950. The minimum atomic E-state index is -0.477. The molecule has 0 fully saturated rings. The van der Waals surface area contributed by atoms with Crippen molar-refractivity contribution in [3.05, 3.63) is 75.7 Å². The molecule has 0 saturated heterocycles. The summed E-state index contributed by atoms with van der Waals surface area (Å²) in [5.74, 6) is -0.818. The summed E-state index contributed by atoms with van der Waals surface area (Å²) in [4.78, 5) is 12.1. The maximum atomic E-state index is 12.8. The van der Waals surface area contributed by atoms with Gasteiger partial charge in [-0.3, -0.25) is 9.89 Å². The van der Waals surface area contributed by atoms with E-state index in [1.54, 1.807) is 36.4 Å². The van der Waals surface area contributed by atoms with Crippen LogP contribution in [-0.4, -0.2) is 22.3 Å². The van der Waals surface area contributed by atoms with E-state index in [-0.39, 0.29) is 11.5 Å². The quantitative estimate of drug-likeness (QED) is 0.526. The van der Waals surface area contributed by atoms with Crippen LogP contribution in [0.5, 0.6) is 0 Å². The third-order valence-corrected chi connectivity index (χ3v) is 3.84. The predicted octanol–water partition coefficient (Wildman–Crippen LogP) is 4.29. The Kier molecular flexibility index (Phi) is 5.11. The van der Waals surface area contributed by atoms with E-state index in [9.17, 15) is 9.18 Å². The van der Waals surface area contributed by atoms with E-state index in [0.29, 0.717) is 26.9 Å². The summed E-state index contributed by atoms with van der Waals surface area (Å²) in [6, 6.07) is 12.2. The van der Waals surface area contributed by atoms with E-state index >= 15 is 0 Å². The Hall–Kier alpha value is -2.70. The number of carbonyl (C=O) groups is 1. The number of benzene rings is 2. The normalized spacial score (nSPS) is 11.0. The Morgan fingerprint density at radius 2 is 1.92 bits per heavy atom. The van der Waals surface area contributed by atoms with Gasteiger partial charge in [-0.25, -0.2) is 9.82 Å². The Balaban J connectivity index is 1.70. The first-order valence-corrected chi connectivity index (χ1v) is 7.88. The number of rotatable bonds is 4. The van der Waals surface area contributed by atoms with E-state index < -0.39 is 5.91 Å². The highest BCUT2D eigenvalue weighted by atomic mass is 35.5. The van der Waals surface area contributed by atoms with Crippen molar-refractivity contribution in [2.24, 2.45) is 5.10 Å². The average molecular weight is 377 g/mol. The van der Waals surface area contributed by atoms with Gasteiger partial charge in [0.05, 0.1) is 16.9 Å². The molecular formula is C17H11Cl2FN4O. The van der Waals surface area contributed by atoms with Crippen molar-refractivity contribution >= 4 is 35.3 Å². The molecule has 5 nitrogen and oxygen atoms in total. The molecule has 0 spiro atoms. The summed E-state index contributed by atoms with van der Waals surface area (Å²) in [7, 11) is 0. The third kappa shape index (κ3) is 4.23. The molecule has 0 aliphatic carbocycles. The highest BCUT2D eigenvalue weighted by Crippen LogP contribution is 2.29. The molecule has 2 aromatic carbocycles. The average Bonchev–Trinajstić information content (AvgIpc) is 3.09. The molecule has 0 atom stereocenters. The van der Waals surface area contributed by atoms with Gasteiger partial charge in [0.2, 0.25) is 0 Å². The first-order chi connectivity index (χ1) is 12.0. The molecule has 3 rings (SSSR count). The Morgan fingerprint density at radius 3 is 2.68 bits per heavy atom. The van der Waals surface area contributed by atoms with E-state index in [1.807, 2.05) is 0 Å². The zero-order valence-electron chi connectivity index (χ0n) is 12.6. The molecule has 25 heavy (non-hydrogen) atoms. The van der Waals surface area contributed by atoms with Crippen LogP contribution in [0.15, 0.2) is 53.6 Å². The second kappa shape index (κ2) is 7.46. The van der Waals surface area contributed by atoms with Gasteiger partial charge in [-0.2, -0.15) is 10.2 Å². The van der Waals surface area contributed by atoms with Crippen molar-refractivity contribution < 1.29 is 9.18 Å². The fourth-order valence-electron chi connectivity index (χ4n) is 2.04. The summed E-state index contributed by atoms with van der Waals surface area (Å²) in [6.45, 7) is 0. The van der Waals surface area contributed by atoms with E-state index in [1.165, 1.54) is 18.3 Å². The maximum Gasteiger partial charge on any atom is 0.289 e. The number of hydrogen-bond donors (Lipinski definition) is 2. The highest BCUT2D eigenvalue weighted by Gasteiger charge is 2.13. The lowest BCUT2D eigenvalue weighted by Crippen LogP contribution is -2.17. The predicted molar refractivity (Wildman–Crippen MR) is 95.5 cm³/mol. The van der Waals surface area contributed by atoms with Crippen LogP contribution in [0.25, 0.3) is 11.3 Å². The SMILES string of the molecule is O=C(N/N=C\c1ccc(F)cc1)c1cc(-c2cc(Cl)ccc2Cl)n[nH]1. The van der Waals surface area contributed by atoms with Gasteiger partial charge >= 0.3 is 0 Å². The number of nitrogens with zero attached hydrogens (tertiary/aromatic N) is 2. The number of aromatic amines is 1. The van der Waals surface area contributed by atoms with Crippen molar-refractivity contribution in [2.45, 2.75) is 0 Å². The molecule has 126 valence electrons. The van der Waals surface area contributed by atoms with Crippen molar-refractivity contribution in [2.75, 3.05) is 0 Å². The van der Waals surface area contributed by atoms with Gasteiger partial charge < -0.3 is 0 Å². The number of carbonyl (C=O) groups excluding carboxylic acids is 1. The first-order valence-electron chi connectivity index (χ1n) is 7.13. The lowest BCUT2D eigenvalue weighted by Gasteiger charge is -2.00. The van der Waals surface area contributed by atoms with Gasteiger partial charge in [-0.15, -0.1) is 0 Å². The lowest BCUT2D eigenvalue weighted by atomic mass is 10.1. The summed E-state index contributed by atoms with van der Waals surface area (Å²) in [5.41, 5.74) is 4.32. The number of hydrazone groups is 1. The van der Waals surface area contributed by atoms with Gasteiger partial charge in [-0.1, -0.05) is 35.3 Å². The largest absolute Gasteiger partial charge is 0.289 e. The summed E-state index contributed by atoms with van der Waals surface area (Å²) < 4.78 is 12.8. The number of H-pyrrole nitrogens is 1. The van der Waals surface area contributed by atoms with Crippen molar-refractivity contribution in [1.82, 2.24) is 15.6 Å². The molecule has 0 aliphatic heterocycles. The van der Waals surface area contributed by atoms with Gasteiger partial charge in [0.15, 0.2) is 0 Å². The summed E-state index contributed by atoms with van der Waals surface area (Å²) in [5, 5.41) is 11.5. The molecule has 8 heteroatoms. The minimum Gasteiger partial charge on any atom is -0.272 e. The van der Waals surface area contributed by atoms with Crippen LogP contribution >= 0.6 is 23.2 Å². The monoisotopic (exact) mass is 376 g/mol. The Labute approximate surface area is 152 Å². The molecule has 3 aromatic rings. The van der Waals surface area contributed by atoms with E-state index in [0.717, 1.165) is 0 Å². The molecule has 0 aliphatic rings. The zero-order valence-corrected chi connectivity index (χ0v) is 14.1. The molecule has 0 radical (unpaired) electrons. The molecule has 0 unspecified atom stereocenters. The van der Waals surface area contributed by atoms with Gasteiger partial charge in [0, 0.05) is 10.6 Å². The van der Waals surface area contributed by atoms with Crippen LogP contribution in [0.4, 0.5) is 4.39 Å². The number of halogens is 3. The molecule has 0 saturated carbocycles. The smallest absolute Gasteiger partial charge is 0.272 e. The van der Waals surface area contributed by atoms with Crippen LogP contribution in [0.2, 0.25) is 10.0 Å². The number of aromatic nitrogens is 2. The second-order valence-corrected chi connectivity index (χ2v) is 5.89. The van der Waals surface area contributed by atoms with Gasteiger partial charge in [0.25, 0.3) is 5.91 Å². The topological polar surface area (TPSA) is 70.1 Å². The van der Waals surface area contributed by atoms with Crippen LogP contribution < -0.4 is 5.43 Å². The minimum absolute atomic E-state index is 0.210. The summed E-state index contributed by atoms with van der Waals surface area (Å²) in [6.07, 6.45) is 1.41. The number of nitrogens with one attached hydrogen (secondary N) is 2. The Bertz CT molecular complexity index is 938. The van der Waals surface area contributed by atoms with Crippen LogP contribution in [-0.2, 0) is 0 Å². The van der Waals surface area contributed by atoms with Crippen LogP contribution in [0.3, 0.4) is 0 Å². The van der Waals surface area contributed by atoms with E-state index in [4.69, 9.17) is 23.2 Å². The third-order valence-electron chi connectivity index (χ3n) is 3.28. The molecular weight excluding hydrogens is 366 g/mol. The fourth-order valence-corrected chi connectivity index (χ4v) is 2.43. The van der Waals surface area contributed by atoms with Crippen molar-refractivity contribution in [1.29, 1.82) is 0 Å². The number of hydrogen-bond acceptors (Lipinski definition) is 3. The van der Waals surface area contributed by atoms with Crippen LogP contribution in [0.1, 0.15) is 16.1 Å². The molecule has 1 amide bonds. The van der Waals surface area contributed by atoms with Crippen molar-refractivity contribution in [3.63, 3.8) is 0 Å². The van der Waals surface area contributed by atoms with Gasteiger partial charge in [-0.05, 0) is 42.0 Å². The molecule has 2 N–H and O–H groups in total. The zero-order chi connectivity index (χ0) is 17.8. The van der Waals surface area contributed by atoms with Gasteiger partial charge in [0.1, 0.15) is 11.5 Å². The molecule has 1 heterocycles. The molecule has 0 bridgehead atoms. The fraction of sp³-hybridized carbons (Fsp3) is 0. The second-order valence-electron chi connectivity index (χ2n) is 5.04. The standard InChI is InChI=1S/C17H11Cl2FN4O/c18-11-3-6-14(19)13(7-11)15-8-16(23-22-15)17(25)24-21-9-10-1-4-12(20)5-2-10/h1-9H,(H,22,23)(H,24,25)/b21-9-. The van der Waals surface area contributed by atoms with Crippen molar-refractivity contribution in [3.8, 4) is 11.3 Å². The summed E-state index contributed by atoms with van der Waals surface area (Å²) >= 11 is 12.1. The first kappa shape index (κ1) is 17.1.